The van der Waals surface area contributed by atoms with Gasteiger partial charge in [0.1, 0.15) is 0 Å². The summed E-state index contributed by atoms with van der Waals surface area (Å²) in [6, 6.07) is 6.51. The number of aromatic amines is 1. The van der Waals surface area contributed by atoms with Gasteiger partial charge < -0.3 is 10.7 Å². The van der Waals surface area contributed by atoms with E-state index in [4.69, 9.17) is 5.73 Å². The molecule has 1 heterocycles. The van der Waals surface area contributed by atoms with E-state index in [2.05, 4.69) is 35.1 Å². The van der Waals surface area contributed by atoms with Gasteiger partial charge in [0, 0.05) is 11.5 Å². The van der Waals surface area contributed by atoms with Crippen LogP contribution < -0.4 is 5.73 Å². The number of hydrogen-bond donors (Lipinski definition) is 2. The van der Waals surface area contributed by atoms with Crippen molar-refractivity contribution in [2.75, 3.05) is 0 Å². The maximum absolute atomic E-state index is 6.09. The molecule has 3 nitrogen and oxygen atoms in total. The van der Waals surface area contributed by atoms with Crippen LogP contribution in [0.2, 0.25) is 0 Å². The third-order valence-corrected chi connectivity index (χ3v) is 3.65. The Morgan fingerprint density at radius 3 is 2.93 bits per heavy atom. The summed E-state index contributed by atoms with van der Waals surface area (Å²) < 4.78 is 0. The third kappa shape index (κ3) is 1.13. The van der Waals surface area contributed by atoms with Crippen LogP contribution in [0, 0.1) is 0 Å². The van der Waals surface area contributed by atoms with Gasteiger partial charge in [0.05, 0.1) is 17.4 Å². The van der Waals surface area contributed by atoms with Crippen LogP contribution in [-0.4, -0.2) is 16.0 Å². The number of nitrogens with one attached hydrogen (secondary N) is 1. The number of nitrogens with two attached hydrogens (primary N) is 1. The number of H-pyrrole nitrogens is 1. The zero-order valence-electron chi connectivity index (χ0n) is 8.83. The van der Waals surface area contributed by atoms with E-state index in [1.165, 1.54) is 18.4 Å². The highest BCUT2D eigenvalue weighted by atomic mass is 14.9. The molecule has 1 aromatic heterocycles. The number of benzene rings is 1. The molecule has 15 heavy (non-hydrogen) atoms. The van der Waals surface area contributed by atoms with Gasteiger partial charge >= 0.3 is 0 Å². The van der Waals surface area contributed by atoms with Crippen LogP contribution in [0.1, 0.15) is 25.3 Å². The van der Waals surface area contributed by atoms with Crippen molar-refractivity contribution in [3.05, 3.63) is 30.1 Å². The number of rotatable bonds is 2. The fourth-order valence-corrected chi connectivity index (χ4v) is 2.47. The maximum atomic E-state index is 6.09. The van der Waals surface area contributed by atoms with Crippen molar-refractivity contribution in [2.24, 2.45) is 5.73 Å². The summed E-state index contributed by atoms with van der Waals surface area (Å²) in [4.78, 5) is 7.54. The maximum Gasteiger partial charge on any atom is 0.0932 e. The Kier molecular flexibility index (Phi) is 1.68. The molecule has 3 N–H and O–H groups in total. The summed E-state index contributed by atoms with van der Waals surface area (Å²) in [5.41, 5.74) is 9.79. The van der Waals surface area contributed by atoms with E-state index in [-0.39, 0.29) is 11.5 Å². The Hall–Kier alpha value is -1.35. The lowest BCUT2D eigenvalue weighted by atomic mass is 9.88. The van der Waals surface area contributed by atoms with Gasteiger partial charge in [-0.1, -0.05) is 12.1 Å². The first-order chi connectivity index (χ1) is 7.24. The zero-order chi connectivity index (χ0) is 10.5. The molecule has 1 unspecified atom stereocenters. The minimum Gasteiger partial charge on any atom is -0.345 e. The predicted octanol–water partition coefficient (Wildman–Crippen LogP) is 1.94. The first kappa shape index (κ1) is 8.92. The minimum atomic E-state index is 0.189. The quantitative estimate of drug-likeness (QED) is 0.780. The Balaban J connectivity index is 2.23. The van der Waals surface area contributed by atoms with Crippen LogP contribution in [-0.2, 0) is 5.41 Å². The second kappa shape index (κ2) is 2.83. The van der Waals surface area contributed by atoms with Gasteiger partial charge in [-0.05, 0) is 31.4 Å². The molecule has 1 aromatic carbocycles. The van der Waals surface area contributed by atoms with Gasteiger partial charge in [0.25, 0.3) is 0 Å². The van der Waals surface area contributed by atoms with Gasteiger partial charge in [-0.2, -0.15) is 0 Å². The lowest BCUT2D eigenvalue weighted by Gasteiger charge is -2.20. The average Bonchev–Trinajstić information content (AvgIpc) is 2.89. The minimum absolute atomic E-state index is 0.189. The van der Waals surface area contributed by atoms with E-state index in [9.17, 15) is 0 Å². The lowest BCUT2D eigenvalue weighted by molar-refractivity contribution is 0.560. The monoisotopic (exact) mass is 201 g/mol. The highest BCUT2D eigenvalue weighted by molar-refractivity contribution is 5.80. The summed E-state index contributed by atoms with van der Waals surface area (Å²) in [6.45, 7) is 2.10. The number of para-hydroxylation sites is 1. The van der Waals surface area contributed by atoms with Crippen molar-refractivity contribution in [3.63, 3.8) is 0 Å². The summed E-state index contributed by atoms with van der Waals surface area (Å²) in [7, 11) is 0. The Morgan fingerprint density at radius 1 is 1.47 bits per heavy atom. The largest absolute Gasteiger partial charge is 0.345 e. The number of fused-ring (bicyclic) bond motifs is 1. The highest BCUT2D eigenvalue weighted by Gasteiger charge is 2.48. The average molecular weight is 201 g/mol. The summed E-state index contributed by atoms with van der Waals surface area (Å²) in [5, 5.41) is 0. The molecule has 1 saturated carbocycles. The van der Waals surface area contributed by atoms with Crippen molar-refractivity contribution in [1.82, 2.24) is 9.97 Å². The normalized spacial score (nSPS) is 20.4. The van der Waals surface area contributed by atoms with Gasteiger partial charge in [0.2, 0.25) is 0 Å². The van der Waals surface area contributed by atoms with Crippen molar-refractivity contribution < 1.29 is 0 Å². The summed E-state index contributed by atoms with van der Waals surface area (Å²) >= 11 is 0. The number of imidazole rings is 1. The molecule has 1 aliphatic rings. The van der Waals surface area contributed by atoms with Gasteiger partial charge in [0.15, 0.2) is 0 Å². The van der Waals surface area contributed by atoms with Crippen LogP contribution >= 0.6 is 0 Å². The van der Waals surface area contributed by atoms with Gasteiger partial charge in [-0.25, -0.2) is 4.98 Å². The molecular formula is C12H15N3. The molecule has 1 fully saturated rings. The van der Waals surface area contributed by atoms with Crippen LogP contribution in [0.5, 0.6) is 0 Å². The molecular weight excluding hydrogens is 186 g/mol. The molecule has 2 aromatic rings. The van der Waals surface area contributed by atoms with Crippen molar-refractivity contribution in [1.29, 1.82) is 0 Å². The molecule has 1 atom stereocenters. The van der Waals surface area contributed by atoms with Crippen LogP contribution in [0.15, 0.2) is 24.5 Å². The van der Waals surface area contributed by atoms with E-state index < -0.39 is 0 Å². The standard InChI is InChI=1S/C12H15N3/c1-8(13)12(5-6-12)9-3-2-4-10-11(9)15-7-14-10/h2-4,7-8H,5-6,13H2,1H3,(H,14,15). The van der Waals surface area contributed by atoms with Crippen molar-refractivity contribution >= 4 is 11.0 Å². The van der Waals surface area contributed by atoms with E-state index in [0.717, 1.165) is 11.0 Å². The predicted molar refractivity (Wildman–Crippen MR) is 60.7 cm³/mol. The van der Waals surface area contributed by atoms with E-state index >= 15 is 0 Å². The topological polar surface area (TPSA) is 54.7 Å². The Bertz CT molecular complexity index is 494. The molecule has 3 rings (SSSR count). The van der Waals surface area contributed by atoms with Gasteiger partial charge in [-0.3, -0.25) is 0 Å². The van der Waals surface area contributed by atoms with Crippen LogP contribution in [0.25, 0.3) is 11.0 Å². The first-order valence-electron chi connectivity index (χ1n) is 5.42. The molecule has 0 bridgehead atoms. The third-order valence-electron chi connectivity index (χ3n) is 3.65. The molecule has 0 radical (unpaired) electrons. The number of aromatic nitrogens is 2. The van der Waals surface area contributed by atoms with Crippen LogP contribution in [0.4, 0.5) is 0 Å². The second-order valence-electron chi connectivity index (χ2n) is 4.55. The molecule has 0 saturated heterocycles. The Morgan fingerprint density at radius 2 is 2.27 bits per heavy atom. The highest BCUT2D eigenvalue weighted by Crippen LogP contribution is 2.51. The zero-order valence-corrected chi connectivity index (χ0v) is 8.83. The molecule has 3 heteroatoms. The lowest BCUT2D eigenvalue weighted by Crippen LogP contribution is -2.31. The SMILES string of the molecule is CC(N)C1(c2cccc3[nH]cnc23)CC1. The molecule has 0 aliphatic heterocycles. The first-order valence-corrected chi connectivity index (χ1v) is 5.42. The van der Waals surface area contributed by atoms with Crippen molar-refractivity contribution in [3.8, 4) is 0 Å². The second-order valence-corrected chi connectivity index (χ2v) is 4.55. The fraction of sp³-hybridized carbons (Fsp3) is 0.417. The van der Waals surface area contributed by atoms with Crippen molar-refractivity contribution in [2.45, 2.75) is 31.2 Å². The fourth-order valence-electron chi connectivity index (χ4n) is 2.47. The molecule has 78 valence electrons. The molecule has 0 spiro atoms. The van der Waals surface area contributed by atoms with E-state index in [1.54, 1.807) is 6.33 Å². The van der Waals surface area contributed by atoms with Gasteiger partial charge in [-0.15, -0.1) is 0 Å². The van der Waals surface area contributed by atoms with E-state index in [0.29, 0.717) is 0 Å². The van der Waals surface area contributed by atoms with Crippen LogP contribution in [0.3, 0.4) is 0 Å². The smallest absolute Gasteiger partial charge is 0.0932 e. The molecule has 1 aliphatic carbocycles. The molecule has 0 amide bonds. The van der Waals surface area contributed by atoms with E-state index in [1.807, 2.05) is 0 Å². The summed E-state index contributed by atoms with van der Waals surface area (Å²) in [6.07, 6.45) is 4.14. The number of nitrogens with zero attached hydrogens (tertiary/aromatic N) is 1. The number of hydrogen-bond acceptors (Lipinski definition) is 2. The summed E-state index contributed by atoms with van der Waals surface area (Å²) in [5.74, 6) is 0. The Labute approximate surface area is 88.7 Å².